The monoisotopic (exact) mass is 346 g/mol. The Morgan fingerprint density at radius 2 is 2.08 bits per heavy atom. The number of ether oxygens (including phenoxy) is 1. The molecule has 1 aromatic heterocycles. The fraction of sp³-hybridized carbons (Fsp3) is 0.762. The first-order valence-corrected chi connectivity index (χ1v) is 9.65. The van der Waals surface area contributed by atoms with E-state index in [0.29, 0.717) is 30.6 Å². The second kappa shape index (κ2) is 5.35. The van der Waals surface area contributed by atoms with Gasteiger partial charge in [0.05, 0.1) is 24.4 Å². The molecule has 0 radical (unpaired) electrons. The predicted molar refractivity (Wildman–Crippen MR) is 94.1 cm³/mol. The Morgan fingerprint density at radius 1 is 1.32 bits per heavy atom. The van der Waals surface area contributed by atoms with Gasteiger partial charge in [0.1, 0.15) is 5.76 Å². The molecule has 2 fully saturated rings. The van der Waals surface area contributed by atoms with E-state index in [0.717, 1.165) is 31.4 Å². The third kappa shape index (κ3) is 1.95. The molecular formula is C21H30O4. The maximum Gasteiger partial charge on any atom is 0.314 e. The van der Waals surface area contributed by atoms with Crippen molar-refractivity contribution in [2.24, 2.45) is 22.7 Å². The highest BCUT2D eigenvalue weighted by Gasteiger charge is 2.69. The van der Waals surface area contributed by atoms with E-state index in [9.17, 15) is 9.90 Å². The molecule has 0 saturated heterocycles. The molecule has 0 amide bonds. The van der Waals surface area contributed by atoms with Gasteiger partial charge in [0.15, 0.2) is 0 Å². The summed E-state index contributed by atoms with van der Waals surface area (Å²) in [6, 6.07) is 2.11. The van der Waals surface area contributed by atoms with Gasteiger partial charge >= 0.3 is 5.97 Å². The van der Waals surface area contributed by atoms with Crippen LogP contribution < -0.4 is 0 Å². The molecule has 3 aliphatic carbocycles. The van der Waals surface area contributed by atoms with Crippen LogP contribution in [0.1, 0.15) is 70.1 Å². The Morgan fingerprint density at radius 3 is 2.80 bits per heavy atom. The Labute approximate surface area is 149 Å². The number of carbonyl (C=O) groups excluding carboxylic acids is 1. The number of hydrogen-bond donors (Lipinski definition) is 1. The predicted octanol–water partition coefficient (Wildman–Crippen LogP) is 4.07. The summed E-state index contributed by atoms with van der Waals surface area (Å²) in [4.78, 5) is 12.7. The smallest absolute Gasteiger partial charge is 0.314 e. The van der Waals surface area contributed by atoms with Crippen molar-refractivity contribution in [3.8, 4) is 0 Å². The van der Waals surface area contributed by atoms with Crippen molar-refractivity contribution in [2.75, 3.05) is 7.11 Å². The fourth-order valence-corrected chi connectivity index (χ4v) is 6.78. The van der Waals surface area contributed by atoms with Crippen molar-refractivity contribution in [3.05, 3.63) is 23.7 Å². The van der Waals surface area contributed by atoms with Gasteiger partial charge in [-0.3, -0.25) is 4.79 Å². The summed E-state index contributed by atoms with van der Waals surface area (Å²) in [5.74, 6) is 2.13. The SMILES string of the molecule is COC(=O)[C@@]1(C)CCC[C@]2(C)[C@H]3Cc4occc4[C@H](C)[C@@H]3CC[C@@]12O. The van der Waals surface area contributed by atoms with Crippen molar-refractivity contribution >= 4 is 5.97 Å². The molecule has 25 heavy (non-hydrogen) atoms. The Kier molecular flexibility index (Phi) is 3.67. The highest BCUT2D eigenvalue weighted by molar-refractivity contribution is 5.78. The van der Waals surface area contributed by atoms with Crippen molar-refractivity contribution in [1.29, 1.82) is 0 Å². The van der Waals surface area contributed by atoms with Crippen LogP contribution in [-0.4, -0.2) is 23.8 Å². The Bertz CT molecular complexity index is 694. The topological polar surface area (TPSA) is 59.7 Å². The molecule has 2 saturated carbocycles. The summed E-state index contributed by atoms with van der Waals surface area (Å²) < 4.78 is 10.9. The molecule has 4 rings (SSSR count). The lowest BCUT2D eigenvalue weighted by atomic mass is 9.41. The molecule has 3 aliphatic rings. The maximum absolute atomic E-state index is 12.7. The molecule has 1 aromatic rings. The van der Waals surface area contributed by atoms with E-state index in [1.165, 1.54) is 12.7 Å². The summed E-state index contributed by atoms with van der Waals surface area (Å²) in [6.45, 7) is 6.42. The van der Waals surface area contributed by atoms with E-state index >= 15 is 0 Å². The number of hydrogen-bond acceptors (Lipinski definition) is 4. The van der Waals surface area contributed by atoms with Crippen LogP contribution in [0.15, 0.2) is 16.7 Å². The van der Waals surface area contributed by atoms with E-state index < -0.39 is 11.0 Å². The quantitative estimate of drug-likeness (QED) is 0.779. The number of methoxy groups -OCH3 is 1. The zero-order valence-corrected chi connectivity index (χ0v) is 15.8. The first kappa shape index (κ1) is 17.1. The molecule has 0 bridgehead atoms. The van der Waals surface area contributed by atoms with Gasteiger partial charge in [-0.2, -0.15) is 0 Å². The normalized spacial score (nSPS) is 45.9. The van der Waals surface area contributed by atoms with Crippen molar-refractivity contribution in [1.82, 2.24) is 0 Å². The van der Waals surface area contributed by atoms with Gasteiger partial charge in [-0.25, -0.2) is 0 Å². The van der Waals surface area contributed by atoms with E-state index in [2.05, 4.69) is 19.9 Å². The number of fused-ring (bicyclic) bond motifs is 4. The summed E-state index contributed by atoms with van der Waals surface area (Å²) in [5.41, 5.74) is -0.805. The highest BCUT2D eigenvalue weighted by Crippen LogP contribution is 2.67. The summed E-state index contributed by atoms with van der Waals surface area (Å²) in [7, 11) is 1.44. The molecule has 0 unspecified atom stereocenters. The van der Waals surface area contributed by atoms with Crippen molar-refractivity contribution in [2.45, 2.75) is 70.8 Å². The van der Waals surface area contributed by atoms with Crippen LogP contribution in [-0.2, 0) is 16.0 Å². The van der Waals surface area contributed by atoms with Crippen LogP contribution in [0.3, 0.4) is 0 Å². The highest BCUT2D eigenvalue weighted by atomic mass is 16.5. The zero-order valence-electron chi connectivity index (χ0n) is 15.8. The Hall–Kier alpha value is -1.29. The van der Waals surface area contributed by atoms with E-state index in [-0.39, 0.29) is 11.4 Å². The molecule has 1 heterocycles. The van der Waals surface area contributed by atoms with E-state index in [4.69, 9.17) is 9.15 Å². The second-order valence-electron chi connectivity index (χ2n) is 9.06. The maximum atomic E-state index is 12.7. The van der Waals surface area contributed by atoms with Crippen LogP contribution in [0, 0.1) is 22.7 Å². The van der Waals surface area contributed by atoms with Gasteiger partial charge in [0.2, 0.25) is 0 Å². The minimum Gasteiger partial charge on any atom is -0.469 e. The Balaban J connectivity index is 1.80. The third-order valence-corrected chi connectivity index (χ3v) is 8.36. The lowest BCUT2D eigenvalue weighted by Gasteiger charge is -2.65. The zero-order chi connectivity index (χ0) is 18.0. The minimum absolute atomic E-state index is 0.262. The molecule has 138 valence electrons. The van der Waals surface area contributed by atoms with Crippen LogP contribution in [0.2, 0.25) is 0 Å². The fourth-order valence-electron chi connectivity index (χ4n) is 6.78. The van der Waals surface area contributed by atoms with E-state index in [1.807, 2.05) is 6.92 Å². The number of esters is 1. The van der Waals surface area contributed by atoms with Gasteiger partial charge in [0, 0.05) is 11.8 Å². The molecule has 0 aromatic carbocycles. The molecule has 0 aliphatic heterocycles. The van der Waals surface area contributed by atoms with Crippen molar-refractivity contribution < 1.29 is 19.1 Å². The first-order chi connectivity index (χ1) is 11.8. The molecule has 1 N–H and O–H groups in total. The van der Waals surface area contributed by atoms with Crippen LogP contribution in [0.25, 0.3) is 0 Å². The van der Waals surface area contributed by atoms with Crippen LogP contribution >= 0.6 is 0 Å². The molecule has 4 heteroatoms. The lowest BCUT2D eigenvalue weighted by Crippen LogP contribution is -2.69. The van der Waals surface area contributed by atoms with E-state index in [1.54, 1.807) is 6.26 Å². The first-order valence-electron chi connectivity index (χ1n) is 9.65. The van der Waals surface area contributed by atoms with Crippen LogP contribution in [0.4, 0.5) is 0 Å². The summed E-state index contributed by atoms with van der Waals surface area (Å²) >= 11 is 0. The standard InChI is InChI=1S/C21H30O4/c1-13-14-6-10-21(23)19(2,8-5-9-20(21,3)18(22)24-4)16(14)12-17-15(13)7-11-25-17/h7,11,13-14,16,23H,5-6,8-10,12H2,1-4H3/t13-,14+,16+,19-,20-,21+/m1/s1. The molecular weight excluding hydrogens is 316 g/mol. The molecule has 4 nitrogen and oxygen atoms in total. The average molecular weight is 346 g/mol. The largest absolute Gasteiger partial charge is 0.469 e. The number of carbonyl (C=O) groups is 1. The number of rotatable bonds is 1. The van der Waals surface area contributed by atoms with Gasteiger partial charge in [0.25, 0.3) is 0 Å². The average Bonchev–Trinajstić information content (AvgIpc) is 3.06. The minimum atomic E-state index is -1.02. The lowest BCUT2D eigenvalue weighted by molar-refractivity contribution is -0.248. The summed E-state index contributed by atoms with van der Waals surface area (Å²) in [5, 5.41) is 12.0. The third-order valence-electron chi connectivity index (χ3n) is 8.36. The molecule has 0 spiro atoms. The van der Waals surface area contributed by atoms with Gasteiger partial charge < -0.3 is 14.3 Å². The van der Waals surface area contributed by atoms with Gasteiger partial charge in [-0.1, -0.05) is 20.3 Å². The van der Waals surface area contributed by atoms with Gasteiger partial charge in [-0.05, 0) is 62.0 Å². The van der Waals surface area contributed by atoms with Crippen LogP contribution in [0.5, 0.6) is 0 Å². The second-order valence-corrected chi connectivity index (χ2v) is 9.06. The number of aliphatic hydroxyl groups is 1. The molecule has 6 atom stereocenters. The van der Waals surface area contributed by atoms with Gasteiger partial charge in [-0.15, -0.1) is 0 Å². The number of furan rings is 1. The van der Waals surface area contributed by atoms with Crippen molar-refractivity contribution in [3.63, 3.8) is 0 Å². The summed E-state index contributed by atoms with van der Waals surface area (Å²) in [6.07, 6.45) is 6.90.